The van der Waals surface area contributed by atoms with E-state index in [2.05, 4.69) is 32.0 Å². The Kier molecular flexibility index (Phi) is 2.30. The van der Waals surface area contributed by atoms with Crippen LogP contribution in [0.3, 0.4) is 0 Å². The molecule has 2 N–H and O–H groups in total. The average Bonchev–Trinajstić information content (AvgIpc) is 1.94. The highest BCUT2D eigenvalue weighted by Gasteiger charge is 2.02. The van der Waals surface area contributed by atoms with E-state index >= 15 is 0 Å². The van der Waals surface area contributed by atoms with Crippen LogP contribution in [0.5, 0.6) is 0 Å². The number of aryl methyl sites for hydroxylation is 2. The lowest BCUT2D eigenvalue weighted by atomic mass is 10.0. The molecule has 0 aliphatic rings. The van der Waals surface area contributed by atoms with Gasteiger partial charge in [-0.1, -0.05) is 23.8 Å². The Labute approximate surface area is 68.2 Å². The Bertz CT molecular complexity index is 251. The first kappa shape index (κ1) is 8.28. The molecule has 0 radical (unpaired) electrons. The monoisotopic (exact) mass is 149 g/mol. The number of nitrogens with two attached hydrogens (primary N) is 1. The molecule has 11 heavy (non-hydrogen) atoms. The topological polar surface area (TPSA) is 26.0 Å². The van der Waals surface area contributed by atoms with Gasteiger partial charge in [-0.2, -0.15) is 0 Å². The van der Waals surface area contributed by atoms with Gasteiger partial charge in [0.2, 0.25) is 0 Å². The summed E-state index contributed by atoms with van der Waals surface area (Å²) in [5.74, 6) is 0. The second-order valence-electron chi connectivity index (χ2n) is 3.15. The largest absolute Gasteiger partial charge is 0.324 e. The zero-order valence-corrected chi connectivity index (χ0v) is 7.39. The van der Waals surface area contributed by atoms with Crippen molar-refractivity contribution < 1.29 is 0 Å². The molecule has 0 aromatic heterocycles. The van der Waals surface area contributed by atoms with Crippen molar-refractivity contribution in [2.24, 2.45) is 5.73 Å². The molecule has 0 fully saturated rings. The third-order valence-corrected chi connectivity index (χ3v) is 1.93. The van der Waals surface area contributed by atoms with Crippen molar-refractivity contribution in [2.75, 3.05) is 0 Å². The number of hydrogen-bond acceptors (Lipinski definition) is 1. The molecule has 1 aromatic carbocycles. The second-order valence-corrected chi connectivity index (χ2v) is 3.15. The summed E-state index contributed by atoms with van der Waals surface area (Å²) in [5.41, 5.74) is 9.60. The average molecular weight is 149 g/mol. The zero-order valence-electron chi connectivity index (χ0n) is 7.39. The quantitative estimate of drug-likeness (QED) is 0.651. The molecular formula is C10H15N. The van der Waals surface area contributed by atoms with E-state index in [9.17, 15) is 0 Å². The second kappa shape index (κ2) is 3.05. The van der Waals surface area contributed by atoms with Crippen molar-refractivity contribution in [3.05, 3.63) is 34.9 Å². The molecule has 0 aliphatic heterocycles. The van der Waals surface area contributed by atoms with Crippen LogP contribution in [0.25, 0.3) is 0 Å². The van der Waals surface area contributed by atoms with Crippen LogP contribution in [0, 0.1) is 13.8 Å². The van der Waals surface area contributed by atoms with Gasteiger partial charge in [-0.05, 0) is 31.9 Å². The van der Waals surface area contributed by atoms with Gasteiger partial charge in [-0.3, -0.25) is 0 Å². The SMILES string of the molecule is Cc1ccc(C)c([C@H](C)N)c1. The fourth-order valence-electron chi connectivity index (χ4n) is 1.25. The highest BCUT2D eigenvalue weighted by Crippen LogP contribution is 2.16. The van der Waals surface area contributed by atoms with Gasteiger partial charge in [0.1, 0.15) is 0 Å². The first-order valence-corrected chi connectivity index (χ1v) is 3.94. The summed E-state index contributed by atoms with van der Waals surface area (Å²) >= 11 is 0. The minimum absolute atomic E-state index is 0.148. The molecule has 1 nitrogen and oxygen atoms in total. The maximum atomic E-state index is 5.78. The maximum Gasteiger partial charge on any atom is 0.0268 e. The molecule has 0 bridgehead atoms. The van der Waals surface area contributed by atoms with Crippen molar-refractivity contribution in [3.8, 4) is 0 Å². The van der Waals surface area contributed by atoms with E-state index in [0.717, 1.165) is 0 Å². The number of hydrogen-bond donors (Lipinski definition) is 1. The van der Waals surface area contributed by atoms with Gasteiger partial charge >= 0.3 is 0 Å². The molecule has 0 amide bonds. The summed E-state index contributed by atoms with van der Waals surface area (Å²) in [5, 5.41) is 0. The highest BCUT2D eigenvalue weighted by molar-refractivity contribution is 5.32. The summed E-state index contributed by atoms with van der Waals surface area (Å²) in [7, 11) is 0. The third-order valence-electron chi connectivity index (χ3n) is 1.93. The first-order valence-electron chi connectivity index (χ1n) is 3.94. The lowest BCUT2D eigenvalue weighted by Gasteiger charge is -2.09. The van der Waals surface area contributed by atoms with E-state index in [4.69, 9.17) is 5.73 Å². The Balaban J connectivity index is 3.13. The summed E-state index contributed by atoms with van der Waals surface area (Å²) in [6, 6.07) is 6.53. The summed E-state index contributed by atoms with van der Waals surface area (Å²) in [4.78, 5) is 0. The molecule has 0 unspecified atom stereocenters. The smallest absolute Gasteiger partial charge is 0.0268 e. The number of benzene rings is 1. The van der Waals surface area contributed by atoms with Crippen molar-refractivity contribution in [1.82, 2.24) is 0 Å². The molecular weight excluding hydrogens is 134 g/mol. The van der Waals surface area contributed by atoms with E-state index in [0.29, 0.717) is 0 Å². The predicted octanol–water partition coefficient (Wildman–Crippen LogP) is 2.32. The van der Waals surface area contributed by atoms with Crippen molar-refractivity contribution in [2.45, 2.75) is 26.8 Å². The van der Waals surface area contributed by atoms with Gasteiger partial charge in [0.25, 0.3) is 0 Å². The van der Waals surface area contributed by atoms with Crippen LogP contribution in [0.15, 0.2) is 18.2 Å². The van der Waals surface area contributed by atoms with Crippen LogP contribution < -0.4 is 5.73 Å². The third kappa shape index (κ3) is 1.81. The minimum Gasteiger partial charge on any atom is -0.324 e. The van der Waals surface area contributed by atoms with Crippen LogP contribution in [-0.2, 0) is 0 Å². The molecule has 0 saturated heterocycles. The maximum absolute atomic E-state index is 5.78. The van der Waals surface area contributed by atoms with Gasteiger partial charge in [-0.15, -0.1) is 0 Å². The predicted molar refractivity (Wildman–Crippen MR) is 48.5 cm³/mol. The van der Waals surface area contributed by atoms with E-state index in [-0.39, 0.29) is 6.04 Å². The van der Waals surface area contributed by atoms with Crippen LogP contribution in [0.4, 0.5) is 0 Å². The highest BCUT2D eigenvalue weighted by atomic mass is 14.6. The fourth-order valence-corrected chi connectivity index (χ4v) is 1.25. The molecule has 0 aliphatic carbocycles. The van der Waals surface area contributed by atoms with Gasteiger partial charge in [0, 0.05) is 6.04 Å². The molecule has 0 saturated carbocycles. The van der Waals surface area contributed by atoms with E-state index < -0.39 is 0 Å². The number of rotatable bonds is 1. The van der Waals surface area contributed by atoms with E-state index in [1.165, 1.54) is 16.7 Å². The fraction of sp³-hybridized carbons (Fsp3) is 0.400. The van der Waals surface area contributed by atoms with Crippen LogP contribution in [-0.4, -0.2) is 0 Å². The Hall–Kier alpha value is -0.820. The molecule has 60 valence electrons. The summed E-state index contributed by atoms with van der Waals surface area (Å²) < 4.78 is 0. The Morgan fingerprint density at radius 2 is 1.91 bits per heavy atom. The van der Waals surface area contributed by atoms with Gasteiger partial charge in [0.05, 0.1) is 0 Å². The molecule has 0 heterocycles. The molecule has 1 rings (SSSR count). The zero-order chi connectivity index (χ0) is 8.43. The van der Waals surface area contributed by atoms with Gasteiger partial charge < -0.3 is 5.73 Å². The summed E-state index contributed by atoms with van der Waals surface area (Å²) in [6.45, 7) is 6.20. The normalized spacial score (nSPS) is 13.1. The van der Waals surface area contributed by atoms with Crippen LogP contribution in [0.2, 0.25) is 0 Å². The molecule has 1 heteroatoms. The van der Waals surface area contributed by atoms with E-state index in [1.54, 1.807) is 0 Å². The molecule has 1 aromatic rings. The van der Waals surface area contributed by atoms with Crippen molar-refractivity contribution >= 4 is 0 Å². The van der Waals surface area contributed by atoms with Crippen LogP contribution >= 0.6 is 0 Å². The van der Waals surface area contributed by atoms with Gasteiger partial charge in [-0.25, -0.2) is 0 Å². The van der Waals surface area contributed by atoms with Crippen LogP contribution in [0.1, 0.15) is 29.7 Å². The minimum atomic E-state index is 0.148. The molecule has 0 spiro atoms. The van der Waals surface area contributed by atoms with E-state index in [1.807, 2.05) is 6.92 Å². The first-order chi connectivity index (χ1) is 5.11. The summed E-state index contributed by atoms with van der Waals surface area (Å²) in [6.07, 6.45) is 0. The van der Waals surface area contributed by atoms with Crippen molar-refractivity contribution in [1.29, 1.82) is 0 Å². The Morgan fingerprint density at radius 3 is 2.36 bits per heavy atom. The van der Waals surface area contributed by atoms with Crippen molar-refractivity contribution in [3.63, 3.8) is 0 Å². The standard InChI is InChI=1S/C10H15N/c1-7-4-5-8(2)10(6-7)9(3)11/h4-6,9H,11H2,1-3H3/t9-/m0/s1. The lowest BCUT2D eigenvalue weighted by molar-refractivity contribution is 0.808. The van der Waals surface area contributed by atoms with Gasteiger partial charge in [0.15, 0.2) is 0 Å². The molecule has 1 atom stereocenters. The lowest BCUT2D eigenvalue weighted by Crippen LogP contribution is -2.06. The Morgan fingerprint density at radius 1 is 1.27 bits per heavy atom.